The zero-order valence-corrected chi connectivity index (χ0v) is 14.2. The van der Waals surface area contributed by atoms with E-state index < -0.39 is 0 Å². The number of rotatable bonds is 4. The van der Waals surface area contributed by atoms with Crippen LogP contribution in [0.4, 0.5) is 0 Å². The molecule has 1 N–H and O–H groups in total. The summed E-state index contributed by atoms with van der Waals surface area (Å²) >= 11 is 1.58. The molecule has 1 amide bonds. The minimum absolute atomic E-state index is 0.0647. The lowest BCUT2D eigenvalue weighted by atomic mass is 10.1. The van der Waals surface area contributed by atoms with Gasteiger partial charge in [-0.3, -0.25) is 9.78 Å². The average molecular weight is 325 g/mol. The number of carbonyl (C=O) groups excluding carboxylic acids is 1. The van der Waals surface area contributed by atoms with Gasteiger partial charge in [-0.1, -0.05) is 6.07 Å². The summed E-state index contributed by atoms with van der Waals surface area (Å²) in [7, 11) is 0. The van der Waals surface area contributed by atoms with Gasteiger partial charge in [-0.05, 0) is 56.0 Å². The quantitative estimate of drug-likeness (QED) is 0.787. The first-order valence-corrected chi connectivity index (χ1v) is 8.39. The molecule has 1 atom stereocenters. The van der Waals surface area contributed by atoms with Crippen molar-refractivity contribution in [1.82, 2.24) is 14.9 Å². The second-order valence-corrected chi connectivity index (χ2v) is 6.47. The maximum absolute atomic E-state index is 12.7. The molecule has 3 aromatic heterocycles. The molecule has 3 rings (SSSR count). The summed E-state index contributed by atoms with van der Waals surface area (Å²) in [5, 5.41) is 5.97. The van der Waals surface area contributed by atoms with Crippen molar-refractivity contribution in [2.24, 2.45) is 0 Å². The van der Waals surface area contributed by atoms with Crippen molar-refractivity contribution in [2.45, 2.75) is 26.8 Å². The lowest BCUT2D eigenvalue weighted by Crippen LogP contribution is -2.27. The zero-order chi connectivity index (χ0) is 16.4. The van der Waals surface area contributed by atoms with Crippen molar-refractivity contribution >= 4 is 17.2 Å². The number of aromatic nitrogens is 2. The van der Waals surface area contributed by atoms with Crippen molar-refractivity contribution in [2.75, 3.05) is 0 Å². The highest BCUT2D eigenvalue weighted by molar-refractivity contribution is 7.13. The number of amides is 1. The molecule has 5 heteroatoms. The third-order valence-corrected chi connectivity index (χ3v) is 4.79. The molecule has 3 aromatic rings. The highest BCUT2D eigenvalue weighted by atomic mass is 32.1. The topological polar surface area (TPSA) is 46.9 Å². The summed E-state index contributed by atoms with van der Waals surface area (Å²) < 4.78 is 2.12. The molecule has 4 nitrogen and oxygen atoms in total. The smallest absolute Gasteiger partial charge is 0.254 e. The van der Waals surface area contributed by atoms with Crippen LogP contribution in [0.25, 0.3) is 5.00 Å². The average Bonchev–Trinajstić information content (AvgIpc) is 3.14. The van der Waals surface area contributed by atoms with Crippen LogP contribution >= 0.6 is 11.3 Å². The summed E-state index contributed by atoms with van der Waals surface area (Å²) in [6.07, 6.45) is 3.51. The Bertz CT molecular complexity index is 800. The van der Waals surface area contributed by atoms with Gasteiger partial charge in [0.25, 0.3) is 5.91 Å². The zero-order valence-electron chi connectivity index (χ0n) is 13.4. The summed E-state index contributed by atoms with van der Waals surface area (Å²) in [5.41, 5.74) is 3.94. The van der Waals surface area contributed by atoms with E-state index in [-0.39, 0.29) is 11.9 Å². The number of carbonyl (C=O) groups is 1. The van der Waals surface area contributed by atoms with Gasteiger partial charge in [0.2, 0.25) is 0 Å². The first-order chi connectivity index (χ1) is 11.1. The maximum atomic E-state index is 12.7. The van der Waals surface area contributed by atoms with E-state index in [2.05, 4.69) is 27.0 Å². The Labute approximate surface area is 139 Å². The van der Waals surface area contributed by atoms with E-state index in [9.17, 15) is 4.79 Å². The van der Waals surface area contributed by atoms with Crippen LogP contribution in [0.2, 0.25) is 0 Å². The predicted octanol–water partition coefficient (Wildman–Crippen LogP) is 4.04. The van der Waals surface area contributed by atoms with Crippen molar-refractivity contribution in [3.63, 3.8) is 0 Å². The summed E-state index contributed by atoms with van der Waals surface area (Å²) in [6.45, 7) is 6.06. The highest BCUT2D eigenvalue weighted by Crippen LogP contribution is 2.26. The Hall–Kier alpha value is -2.40. The molecule has 0 spiro atoms. The minimum atomic E-state index is -0.0872. The molecule has 23 heavy (non-hydrogen) atoms. The highest BCUT2D eigenvalue weighted by Gasteiger charge is 2.18. The van der Waals surface area contributed by atoms with Crippen molar-refractivity contribution < 1.29 is 4.79 Å². The standard InChI is InChI=1S/C18H19N3OS/c1-12-6-7-13(2)21(12)18-16(8-10-23-18)17(22)20-14(3)15-5-4-9-19-11-15/h4-11,14H,1-3H3,(H,20,22). The minimum Gasteiger partial charge on any atom is -0.345 e. The lowest BCUT2D eigenvalue weighted by molar-refractivity contribution is 0.0940. The van der Waals surface area contributed by atoms with Gasteiger partial charge in [0.15, 0.2) is 0 Å². The number of thiophene rings is 1. The molecule has 0 saturated carbocycles. The van der Waals surface area contributed by atoms with Crippen molar-refractivity contribution in [3.8, 4) is 5.00 Å². The van der Waals surface area contributed by atoms with E-state index in [1.165, 1.54) is 0 Å². The van der Waals surface area contributed by atoms with Crippen molar-refractivity contribution in [1.29, 1.82) is 0 Å². The molecule has 118 valence electrons. The number of nitrogens with one attached hydrogen (secondary N) is 1. The summed E-state index contributed by atoms with van der Waals surface area (Å²) in [4.78, 5) is 16.8. The molecule has 0 saturated heterocycles. The van der Waals surface area contributed by atoms with Gasteiger partial charge in [0, 0.05) is 23.8 Å². The largest absolute Gasteiger partial charge is 0.345 e. The van der Waals surface area contributed by atoms with Gasteiger partial charge in [-0.15, -0.1) is 11.3 Å². The molecule has 1 unspecified atom stereocenters. The van der Waals surface area contributed by atoms with Crippen LogP contribution in [0.15, 0.2) is 48.1 Å². The van der Waals surface area contributed by atoms with Crippen LogP contribution in [0, 0.1) is 13.8 Å². The van der Waals surface area contributed by atoms with Crippen LogP contribution in [0.1, 0.15) is 40.3 Å². The molecule has 3 heterocycles. The van der Waals surface area contributed by atoms with E-state index in [1.807, 2.05) is 44.4 Å². The Morgan fingerprint density at radius 3 is 2.61 bits per heavy atom. The number of hydrogen-bond donors (Lipinski definition) is 1. The summed E-state index contributed by atoms with van der Waals surface area (Å²) in [5.74, 6) is -0.0647. The van der Waals surface area contributed by atoms with Crippen LogP contribution in [-0.2, 0) is 0 Å². The molecule has 0 aliphatic carbocycles. The van der Waals surface area contributed by atoms with Crippen LogP contribution in [-0.4, -0.2) is 15.5 Å². The van der Waals surface area contributed by atoms with Crippen LogP contribution < -0.4 is 5.32 Å². The number of nitrogens with zero attached hydrogens (tertiary/aromatic N) is 2. The van der Waals surface area contributed by atoms with E-state index in [0.717, 1.165) is 22.0 Å². The van der Waals surface area contributed by atoms with E-state index in [0.29, 0.717) is 5.56 Å². The summed E-state index contributed by atoms with van der Waals surface area (Å²) in [6, 6.07) is 9.76. The monoisotopic (exact) mass is 325 g/mol. The molecular formula is C18H19N3OS. The second-order valence-electron chi connectivity index (χ2n) is 5.57. The van der Waals surface area contributed by atoms with Gasteiger partial charge < -0.3 is 9.88 Å². The molecule has 0 aliphatic heterocycles. The molecular weight excluding hydrogens is 306 g/mol. The number of aryl methyl sites for hydroxylation is 2. The van der Waals surface area contributed by atoms with Gasteiger partial charge in [0.1, 0.15) is 5.00 Å². The normalized spacial score (nSPS) is 12.1. The fourth-order valence-electron chi connectivity index (χ4n) is 2.63. The van der Waals surface area contributed by atoms with E-state index >= 15 is 0 Å². The lowest BCUT2D eigenvalue weighted by Gasteiger charge is -2.15. The second kappa shape index (κ2) is 6.38. The van der Waals surface area contributed by atoms with Gasteiger partial charge in [-0.25, -0.2) is 0 Å². The first kappa shape index (κ1) is 15.5. The maximum Gasteiger partial charge on any atom is 0.254 e. The third-order valence-electron chi connectivity index (χ3n) is 3.90. The predicted molar refractivity (Wildman–Crippen MR) is 93.2 cm³/mol. The molecule has 0 radical (unpaired) electrons. The number of pyridine rings is 1. The van der Waals surface area contributed by atoms with Gasteiger partial charge in [0.05, 0.1) is 11.6 Å². The van der Waals surface area contributed by atoms with Crippen molar-refractivity contribution in [3.05, 3.63) is 70.6 Å². The molecule has 0 aromatic carbocycles. The third kappa shape index (κ3) is 3.05. The Balaban J connectivity index is 1.86. The SMILES string of the molecule is Cc1ccc(C)n1-c1sccc1C(=O)NC(C)c1cccnc1. The first-order valence-electron chi connectivity index (χ1n) is 7.51. The Morgan fingerprint density at radius 1 is 1.22 bits per heavy atom. The molecule has 0 bridgehead atoms. The fourth-order valence-corrected chi connectivity index (χ4v) is 3.64. The van der Waals surface area contributed by atoms with E-state index in [4.69, 9.17) is 0 Å². The molecule has 0 aliphatic rings. The Morgan fingerprint density at radius 2 is 1.96 bits per heavy atom. The Kier molecular flexibility index (Phi) is 4.30. The fraction of sp³-hybridized carbons (Fsp3) is 0.222. The van der Waals surface area contributed by atoms with E-state index in [1.54, 1.807) is 23.7 Å². The van der Waals surface area contributed by atoms with Crippen LogP contribution in [0.5, 0.6) is 0 Å². The van der Waals surface area contributed by atoms with Gasteiger partial charge in [-0.2, -0.15) is 0 Å². The van der Waals surface area contributed by atoms with Crippen LogP contribution in [0.3, 0.4) is 0 Å². The molecule has 0 fully saturated rings. The van der Waals surface area contributed by atoms with Gasteiger partial charge >= 0.3 is 0 Å². The number of hydrogen-bond acceptors (Lipinski definition) is 3.